The van der Waals surface area contributed by atoms with E-state index in [0.717, 1.165) is 0 Å². The van der Waals surface area contributed by atoms with Crippen molar-refractivity contribution in [1.82, 2.24) is 15.0 Å². The summed E-state index contributed by atoms with van der Waals surface area (Å²) in [5.41, 5.74) is -2.41. The lowest BCUT2D eigenvalue weighted by molar-refractivity contribution is 0.888. The van der Waals surface area contributed by atoms with Crippen LogP contribution in [0.5, 0.6) is 0 Å². The van der Waals surface area contributed by atoms with E-state index < -0.39 is 17.1 Å². The maximum absolute atomic E-state index is 10.2. The van der Waals surface area contributed by atoms with Gasteiger partial charge in [0, 0.05) is 0 Å². The van der Waals surface area contributed by atoms with Crippen LogP contribution in [0.3, 0.4) is 0 Å². The van der Waals surface area contributed by atoms with Gasteiger partial charge in [0.25, 0.3) is 0 Å². The Morgan fingerprint density at radius 2 is 0.818 bits per heavy atom. The molecule has 0 aliphatic heterocycles. The van der Waals surface area contributed by atoms with Crippen LogP contribution in [0, 0.1) is 0 Å². The fourth-order valence-electron chi connectivity index (χ4n) is 0.403. The molecule has 0 unspecified atom stereocenters. The first kappa shape index (κ1) is 12.6. The molecule has 1 aromatic rings. The van der Waals surface area contributed by atoms with Crippen LogP contribution in [0.4, 0.5) is 0 Å². The minimum atomic E-state index is -0.802. The molecule has 0 fully saturated rings. The highest BCUT2D eigenvalue weighted by Crippen LogP contribution is 1.29. The number of aromatic amines is 3. The van der Waals surface area contributed by atoms with Crippen molar-refractivity contribution in [2.45, 2.75) is 0 Å². The van der Waals surface area contributed by atoms with Crippen molar-refractivity contribution < 1.29 is 0 Å². The Bertz CT molecular complexity index is 284. The molecule has 0 radical (unpaired) electrons. The number of H-pyrrole nitrogens is 3. The number of rotatable bonds is 0. The highest BCUT2D eigenvalue weighted by molar-refractivity contribution is 5.85. The fraction of sp³-hybridized carbons (Fsp3) is 0. The Morgan fingerprint density at radius 1 is 0.636 bits per heavy atom. The summed E-state index contributed by atoms with van der Waals surface area (Å²) < 4.78 is 0. The average molecular weight is 202 g/mol. The van der Waals surface area contributed by atoms with Crippen molar-refractivity contribution in [3.63, 3.8) is 0 Å². The number of hydrogen-bond donors (Lipinski definition) is 3. The zero-order valence-corrected chi connectivity index (χ0v) is 6.67. The van der Waals surface area contributed by atoms with Gasteiger partial charge in [0.15, 0.2) is 0 Å². The van der Waals surface area contributed by atoms with Crippen molar-refractivity contribution in [1.29, 1.82) is 0 Å². The first-order valence-electron chi connectivity index (χ1n) is 2.11. The Morgan fingerprint density at radius 3 is 1.00 bits per heavy atom. The van der Waals surface area contributed by atoms with Gasteiger partial charge in [0.2, 0.25) is 0 Å². The maximum atomic E-state index is 10.2. The Balaban J connectivity index is 0. The second-order valence-corrected chi connectivity index (χ2v) is 1.36. The summed E-state index contributed by atoms with van der Waals surface area (Å²) in [6.45, 7) is 0. The van der Waals surface area contributed by atoms with E-state index in [9.17, 15) is 14.4 Å². The molecule has 1 rings (SSSR count). The van der Waals surface area contributed by atoms with Crippen molar-refractivity contribution >= 4 is 24.8 Å². The molecule has 1 heterocycles. The minimum Gasteiger partial charge on any atom is -0.259 e. The summed E-state index contributed by atoms with van der Waals surface area (Å²) in [6.07, 6.45) is 0. The third kappa shape index (κ3) is 3.64. The van der Waals surface area contributed by atoms with Gasteiger partial charge in [-0.3, -0.25) is 15.0 Å². The quantitative estimate of drug-likeness (QED) is 0.482. The van der Waals surface area contributed by atoms with E-state index in [1.54, 1.807) is 15.0 Å². The van der Waals surface area contributed by atoms with Crippen molar-refractivity contribution in [2.75, 3.05) is 0 Å². The third-order valence-corrected chi connectivity index (χ3v) is 0.681. The van der Waals surface area contributed by atoms with E-state index in [4.69, 9.17) is 0 Å². The topological polar surface area (TPSA) is 98.6 Å². The third-order valence-electron chi connectivity index (χ3n) is 0.681. The Kier molecular flexibility index (Phi) is 5.46. The summed E-state index contributed by atoms with van der Waals surface area (Å²) in [5.74, 6) is 0. The standard InChI is InChI=1S/C3H3N3O3.2ClH/c7-1-4-2(8)6-3(9)5-1;;/h(H3,4,5,6,7,8,9);2*1H. The molecule has 0 aromatic carbocycles. The van der Waals surface area contributed by atoms with Crippen LogP contribution in [-0.2, 0) is 0 Å². The Hall–Kier alpha value is -1.01. The summed E-state index contributed by atoms with van der Waals surface area (Å²) in [5, 5.41) is 0. The normalized spacial score (nSPS) is 7.64. The van der Waals surface area contributed by atoms with Gasteiger partial charge in [-0.05, 0) is 0 Å². The monoisotopic (exact) mass is 201 g/mol. The minimum absolute atomic E-state index is 0. The summed E-state index contributed by atoms with van der Waals surface area (Å²) >= 11 is 0. The second-order valence-electron chi connectivity index (χ2n) is 1.36. The van der Waals surface area contributed by atoms with E-state index in [0.29, 0.717) is 0 Å². The molecule has 64 valence electrons. The summed E-state index contributed by atoms with van der Waals surface area (Å²) in [4.78, 5) is 35.9. The highest BCUT2D eigenvalue weighted by Gasteiger charge is 1.84. The summed E-state index contributed by atoms with van der Waals surface area (Å²) in [6, 6.07) is 0. The highest BCUT2D eigenvalue weighted by atomic mass is 35.5. The lowest BCUT2D eigenvalue weighted by Gasteiger charge is -1.77. The fourth-order valence-corrected chi connectivity index (χ4v) is 0.403. The first-order chi connectivity index (χ1) is 4.18. The van der Waals surface area contributed by atoms with Crippen molar-refractivity contribution in [3.8, 4) is 0 Å². The van der Waals surface area contributed by atoms with Crippen molar-refractivity contribution in [3.05, 3.63) is 31.5 Å². The Labute approximate surface area is 71.9 Å². The average Bonchev–Trinajstić information content (AvgIpc) is 1.59. The molecule has 0 atom stereocenters. The molecule has 0 bridgehead atoms. The lowest BCUT2D eigenvalue weighted by Crippen LogP contribution is -2.34. The van der Waals surface area contributed by atoms with Crippen LogP contribution in [0.2, 0.25) is 0 Å². The van der Waals surface area contributed by atoms with Crippen LogP contribution >= 0.6 is 24.8 Å². The molecule has 0 aliphatic carbocycles. The number of nitrogens with one attached hydrogen (secondary N) is 3. The smallest absolute Gasteiger partial charge is 0.259 e. The lowest BCUT2D eigenvalue weighted by atomic mass is 11.0. The van der Waals surface area contributed by atoms with E-state index in [-0.39, 0.29) is 24.8 Å². The van der Waals surface area contributed by atoms with Gasteiger partial charge < -0.3 is 0 Å². The first-order valence-corrected chi connectivity index (χ1v) is 2.11. The molecule has 0 aliphatic rings. The molecule has 6 nitrogen and oxygen atoms in total. The van der Waals surface area contributed by atoms with Crippen LogP contribution < -0.4 is 17.1 Å². The van der Waals surface area contributed by atoms with Gasteiger partial charge in [0.1, 0.15) is 0 Å². The molecule has 11 heavy (non-hydrogen) atoms. The second kappa shape index (κ2) is 4.75. The number of halogens is 2. The van der Waals surface area contributed by atoms with Gasteiger partial charge in [-0.1, -0.05) is 0 Å². The largest absolute Gasteiger partial charge is 0.330 e. The van der Waals surface area contributed by atoms with Crippen LogP contribution in [0.15, 0.2) is 14.4 Å². The molecular weight excluding hydrogens is 197 g/mol. The zero-order valence-electron chi connectivity index (χ0n) is 5.04. The molecular formula is C3H5Cl2N3O3. The van der Waals surface area contributed by atoms with Crippen LogP contribution in [-0.4, -0.2) is 15.0 Å². The summed E-state index contributed by atoms with van der Waals surface area (Å²) in [7, 11) is 0. The molecule has 0 spiro atoms. The van der Waals surface area contributed by atoms with E-state index in [2.05, 4.69) is 0 Å². The van der Waals surface area contributed by atoms with E-state index >= 15 is 0 Å². The van der Waals surface area contributed by atoms with Crippen LogP contribution in [0.25, 0.3) is 0 Å². The van der Waals surface area contributed by atoms with Gasteiger partial charge >= 0.3 is 17.1 Å². The van der Waals surface area contributed by atoms with Gasteiger partial charge in [0.05, 0.1) is 0 Å². The molecule has 0 amide bonds. The zero-order chi connectivity index (χ0) is 6.85. The SMILES string of the molecule is Cl.Cl.O=c1[nH]c(=O)[nH]c(=O)[nH]1. The van der Waals surface area contributed by atoms with Gasteiger partial charge in [-0.25, -0.2) is 14.4 Å². The van der Waals surface area contributed by atoms with Gasteiger partial charge in [-0.2, -0.15) is 0 Å². The van der Waals surface area contributed by atoms with Crippen molar-refractivity contribution in [2.24, 2.45) is 0 Å². The number of aromatic nitrogens is 3. The van der Waals surface area contributed by atoms with E-state index in [1.165, 1.54) is 0 Å². The molecule has 0 saturated heterocycles. The maximum Gasteiger partial charge on any atom is 0.330 e. The van der Waals surface area contributed by atoms with Crippen LogP contribution in [0.1, 0.15) is 0 Å². The predicted molar refractivity (Wildman–Crippen MR) is 42.8 cm³/mol. The van der Waals surface area contributed by atoms with Gasteiger partial charge in [-0.15, -0.1) is 24.8 Å². The number of hydrogen-bond acceptors (Lipinski definition) is 3. The molecule has 8 heteroatoms. The van der Waals surface area contributed by atoms with E-state index in [1.807, 2.05) is 0 Å². The molecule has 3 N–H and O–H groups in total. The predicted octanol–water partition coefficient (Wildman–Crippen LogP) is -1.40. The molecule has 0 saturated carbocycles. The molecule has 1 aromatic heterocycles.